The molecule has 0 aromatic carbocycles. The molecule has 222 valence electrons. The van der Waals surface area contributed by atoms with E-state index in [-0.39, 0.29) is 29.2 Å². The lowest BCUT2D eigenvalue weighted by atomic mass is 10.0. The number of hydrogen-bond acceptors (Lipinski definition) is 10. The van der Waals surface area contributed by atoms with Crippen LogP contribution in [-0.2, 0) is 18.7 Å². The van der Waals surface area contributed by atoms with Crippen LogP contribution in [0, 0.1) is 12.0 Å². The van der Waals surface area contributed by atoms with Crippen molar-refractivity contribution in [3.63, 3.8) is 0 Å². The summed E-state index contributed by atoms with van der Waals surface area (Å²) in [6, 6.07) is 2.16. The number of carbonyl (C=O) groups is 1. The minimum Gasteiger partial charge on any atom is -0.421 e. The van der Waals surface area contributed by atoms with E-state index in [2.05, 4.69) is 59.4 Å². The number of alkyl halides is 3. The van der Waals surface area contributed by atoms with Gasteiger partial charge in [0.25, 0.3) is 0 Å². The number of rotatable bonds is 9. The first-order valence-corrected chi connectivity index (χ1v) is 15.8. The van der Waals surface area contributed by atoms with Crippen molar-refractivity contribution in [3.05, 3.63) is 11.9 Å². The Hall–Kier alpha value is -2.03. The second-order valence-electron chi connectivity index (χ2n) is 10.9. The SMILES string of the molecule is C[C@@H](OC1C[C@H](N2CC(C#CNC(=O)C(F)(F)F)c3c(/N=C/N(C)C)ncnc32)OC1CO[SiH2]C(C)(C)C)SS. The fourth-order valence-electron chi connectivity index (χ4n) is 4.13. The molecule has 1 aromatic rings. The quantitative estimate of drug-likeness (QED) is 0.0631. The standard InChI is InChI=1S/C24H35F3N6O4S2Si/c1-14(39-38)36-16-9-18(37-17(16)11-35-40-23(2,3)4)33-10-15(7-8-28-22(34)24(25,26)27)19-20(31-13-32(5)6)29-12-30-21(19)33/h12-18,38H,9-11,40H2,1-6H3,(H,28,34)/b31-13+/t14-,15?,16?,17?,18+/m0/s1. The smallest absolute Gasteiger partial charge is 0.421 e. The van der Waals surface area contributed by atoms with Gasteiger partial charge in [0.15, 0.2) is 15.6 Å². The van der Waals surface area contributed by atoms with E-state index in [1.54, 1.807) is 30.7 Å². The summed E-state index contributed by atoms with van der Waals surface area (Å²) in [6.07, 6.45) is -2.71. The molecular weight excluding hydrogens is 586 g/mol. The highest BCUT2D eigenvalue weighted by molar-refractivity contribution is 8.68. The van der Waals surface area contributed by atoms with E-state index >= 15 is 0 Å². The molecule has 2 aliphatic heterocycles. The lowest BCUT2D eigenvalue weighted by molar-refractivity contribution is -0.172. The molecule has 5 atom stereocenters. The van der Waals surface area contributed by atoms with Crippen molar-refractivity contribution in [1.82, 2.24) is 20.2 Å². The topological polar surface area (TPSA) is 101 Å². The van der Waals surface area contributed by atoms with Crippen LogP contribution in [0.25, 0.3) is 0 Å². The molecule has 0 saturated carbocycles. The van der Waals surface area contributed by atoms with E-state index in [9.17, 15) is 18.0 Å². The van der Waals surface area contributed by atoms with Crippen molar-refractivity contribution in [1.29, 1.82) is 0 Å². The summed E-state index contributed by atoms with van der Waals surface area (Å²) in [5.74, 6) is 0.780. The van der Waals surface area contributed by atoms with Gasteiger partial charge in [-0.15, -0.1) is 11.7 Å². The maximum atomic E-state index is 12.7. The molecule has 0 radical (unpaired) electrons. The van der Waals surface area contributed by atoms with Gasteiger partial charge in [0.2, 0.25) is 0 Å². The number of ether oxygens (including phenoxy) is 2. The van der Waals surface area contributed by atoms with Crippen LogP contribution in [-0.4, -0.2) is 94.2 Å². The fourth-order valence-corrected chi connectivity index (χ4v) is 5.43. The molecule has 0 aliphatic carbocycles. The summed E-state index contributed by atoms with van der Waals surface area (Å²) >= 11 is 4.26. The van der Waals surface area contributed by atoms with Crippen molar-refractivity contribution in [3.8, 4) is 12.0 Å². The maximum absolute atomic E-state index is 12.7. The zero-order valence-electron chi connectivity index (χ0n) is 23.2. The third-order valence-electron chi connectivity index (χ3n) is 5.79. The molecule has 10 nitrogen and oxygen atoms in total. The van der Waals surface area contributed by atoms with Crippen LogP contribution >= 0.6 is 22.5 Å². The predicted molar refractivity (Wildman–Crippen MR) is 154 cm³/mol. The first-order valence-electron chi connectivity index (χ1n) is 12.6. The molecule has 1 aromatic heterocycles. The number of thiol groups is 1. The third-order valence-corrected chi connectivity index (χ3v) is 8.40. The van der Waals surface area contributed by atoms with Gasteiger partial charge < -0.3 is 23.7 Å². The van der Waals surface area contributed by atoms with E-state index in [0.29, 0.717) is 30.2 Å². The van der Waals surface area contributed by atoms with Gasteiger partial charge in [-0.3, -0.25) is 10.1 Å². The monoisotopic (exact) mass is 620 g/mol. The Kier molecular flexibility index (Phi) is 11.2. The average Bonchev–Trinajstić information content (AvgIpc) is 3.42. The lowest BCUT2D eigenvalue weighted by Crippen LogP contribution is -2.36. The fraction of sp³-hybridized carbons (Fsp3) is 0.667. The first-order chi connectivity index (χ1) is 18.7. The van der Waals surface area contributed by atoms with Crippen molar-refractivity contribution in [2.75, 3.05) is 32.1 Å². The van der Waals surface area contributed by atoms with Crippen LogP contribution in [0.4, 0.5) is 24.8 Å². The van der Waals surface area contributed by atoms with Gasteiger partial charge in [0, 0.05) is 33.1 Å². The minimum absolute atomic E-state index is 0.115. The predicted octanol–water partition coefficient (Wildman–Crippen LogP) is 2.98. The molecule has 0 spiro atoms. The number of nitrogens with zero attached hydrogens (tertiary/aromatic N) is 5. The molecule has 0 bridgehead atoms. The van der Waals surface area contributed by atoms with E-state index in [0.717, 1.165) is 0 Å². The Balaban J connectivity index is 1.89. The van der Waals surface area contributed by atoms with Crippen molar-refractivity contribution in [2.45, 2.75) is 75.1 Å². The Morgan fingerprint density at radius 3 is 2.77 bits per heavy atom. The number of anilines is 1. The summed E-state index contributed by atoms with van der Waals surface area (Å²) in [6.45, 7) is 8.94. The van der Waals surface area contributed by atoms with Crippen molar-refractivity contribution in [2.24, 2.45) is 4.99 Å². The number of carbonyl (C=O) groups excluding carboxylic acids is 1. The summed E-state index contributed by atoms with van der Waals surface area (Å²) in [5, 5.41) is 1.72. The van der Waals surface area contributed by atoms with Crippen molar-refractivity contribution < 1.29 is 31.9 Å². The Labute approximate surface area is 243 Å². The van der Waals surface area contributed by atoms with E-state index < -0.39 is 34.0 Å². The number of nitrogens with one attached hydrogen (secondary N) is 1. The molecular formula is C24H35F3N6O4S2Si. The van der Waals surface area contributed by atoms with Gasteiger partial charge in [0.1, 0.15) is 29.9 Å². The Morgan fingerprint density at radius 2 is 2.15 bits per heavy atom. The summed E-state index contributed by atoms with van der Waals surface area (Å²) in [4.78, 5) is 28.0. The third kappa shape index (κ3) is 8.98. The summed E-state index contributed by atoms with van der Waals surface area (Å²) in [5.41, 5.74) is 0.351. The van der Waals surface area contributed by atoms with Gasteiger partial charge >= 0.3 is 12.1 Å². The van der Waals surface area contributed by atoms with Gasteiger partial charge in [-0.1, -0.05) is 37.5 Å². The van der Waals surface area contributed by atoms with E-state index in [1.807, 2.05) is 11.8 Å². The highest BCUT2D eigenvalue weighted by Crippen LogP contribution is 2.43. The molecule has 1 fully saturated rings. The Morgan fingerprint density at radius 1 is 1.43 bits per heavy atom. The average molecular weight is 621 g/mol. The van der Waals surface area contributed by atoms with Crippen LogP contribution in [0.2, 0.25) is 5.04 Å². The molecule has 2 aliphatic rings. The highest BCUT2D eigenvalue weighted by Gasteiger charge is 2.45. The largest absolute Gasteiger partial charge is 0.472 e. The molecule has 40 heavy (non-hydrogen) atoms. The molecule has 1 N–H and O–H groups in total. The summed E-state index contributed by atoms with van der Waals surface area (Å²) < 4.78 is 56.7. The van der Waals surface area contributed by atoms with Crippen LogP contribution in [0.15, 0.2) is 11.3 Å². The molecule has 1 amide bonds. The molecule has 3 rings (SSSR count). The van der Waals surface area contributed by atoms with Crippen LogP contribution in [0.5, 0.6) is 0 Å². The van der Waals surface area contributed by atoms with Crippen LogP contribution in [0.3, 0.4) is 0 Å². The second-order valence-corrected chi connectivity index (χ2v) is 15.2. The normalized spacial score (nSPS) is 23.9. The zero-order valence-corrected chi connectivity index (χ0v) is 26.4. The lowest BCUT2D eigenvalue weighted by Gasteiger charge is -2.26. The van der Waals surface area contributed by atoms with Crippen LogP contribution < -0.4 is 10.2 Å². The summed E-state index contributed by atoms with van der Waals surface area (Å²) in [7, 11) is 4.06. The van der Waals surface area contributed by atoms with Gasteiger partial charge in [-0.2, -0.15) is 13.2 Å². The van der Waals surface area contributed by atoms with E-state index in [4.69, 9.17) is 13.9 Å². The number of aromatic nitrogens is 2. The number of hydrogen-bond donors (Lipinski definition) is 2. The first kappa shape index (κ1) is 32.5. The van der Waals surface area contributed by atoms with Gasteiger partial charge in [-0.25, -0.2) is 15.0 Å². The molecule has 16 heteroatoms. The van der Waals surface area contributed by atoms with Crippen molar-refractivity contribution >= 4 is 56.1 Å². The van der Waals surface area contributed by atoms with Gasteiger partial charge in [-0.05, 0) is 12.0 Å². The molecule has 1 saturated heterocycles. The van der Waals surface area contributed by atoms with Crippen LogP contribution in [0.1, 0.15) is 45.6 Å². The minimum atomic E-state index is -5.04. The number of fused-ring (bicyclic) bond motifs is 1. The number of halogens is 3. The van der Waals surface area contributed by atoms with E-state index in [1.165, 1.54) is 17.1 Å². The number of amides is 1. The maximum Gasteiger partial charge on any atom is 0.472 e. The zero-order chi connectivity index (χ0) is 29.7. The number of aliphatic imine (C=N–C) groups is 1. The molecule has 3 unspecified atom stereocenters. The highest BCUT2D eigenvalue weighted by atomic mass is 33.1. The second kappa shape index (κ2) is 13.8. The van der Waals surface area contributed by atoms with Gasteiger partial charge in [0.05, 0.1) is 30.5 Å². The molecule has 3 heterocycles. The Bertz CT molecular complexity index is 1130.